The molecule has 2 N–H and O–H groups in total. The molecule has 0 radical (unpaired) electrons. The molecule has 4 nitrogen and oxygen atoms in total. The van der Waals surface area contributed by atoms with Gasteiger partial charge in [0.25, 0.3) is 0 Å². The maximum Gasteiger partial charge on any atom is 0.331 e. The fourth-order valence-corrected chi connectivity index (χ4v) is 3.03. The highest BCUT2D eigenvalue weighted by Crippen LogP contribution is 2.09. The third-order valence-corrected chi connectivity index (χ3v) is 4.18. The first-order valence-electron chi connectivity index (χ1n) is 5.64. The van der Waals surface area contributed by atoms with Crippen molar-refractivity contribution in [3.05, 3.63) is 11.6 Å². The van der Waals surface area contributed by atoms with Crippen LogP contribution >= 0.6 is 0 Å². The molecule has 1 saturated heterocycles. The second-order valence-electron chi connectivity index (χ2n) is 3.92. The van der Waals surface area contributed by atoms with Crippen LogP contribution in [0.3, 0.4) is 0 Å². The van der Waals surface area contributed by atoms with Crippen molar-refractivity contribution in [1.29, 1.82) is 0 Å². The number of carbonyl (C=O) groups is 1. The van der Waals surface area contributed by atoms with E-state index in [1.54, 1.807) is 6.08 Å². The first-order valence-corrected chi connectivity index (χ1v) is 7.13. The molecule has 0 saturated carbocycles. The number of nitrogens with one attached hydrogen (secondary N) is 1. The summed E-state index contributed by atoms with van der Waals surface area (Å²) in [5.74, 6) is 0.691. The molecule has 1 heterocycles. The zero-order valence-electron chi connectivity index (χ0n) is 9.57. The lowest BCUT2D eigenvalue weighted by molar-refractivity contribution is -0.132. The van der Waals surface area contributed by atoms with Crippen LogP contribution in [0.4, 0.5) is 0 Å². The zero-order valence-corrected chi connectivity index (χ0v) is 10.4. The molecule has 0 amide bonds. The molecule has 0 spiro atoms. The Hall–Kier alpha value is -0.680. The molecule has 92 valence electrons. The molecule has 0 bridgehead atoms. The van der Waals surface area contributed by atoms with Crippen LogP contribution in [0.5, 0.6) is 0 Å². The minimum Gasteiger partial charge on any atom is -0.478 e. The van der Waals surface area contributed by atoms with E-state index in [-0.39, 0.29) is 0 Å². The van der Waals surface area contributed by atoms with Crippen LogP contribution in [-0.4, -0.2) is 39.4 Å². The normalized spacial score (nSPS) is 26.7. The third kappa shape index (κ3) is 4.45. The highest BCUT2D eigenvalue weighted by Gasteiger charge is 2.16. The lowest BCUT2D eigenvalue weighted by atomic mass is 10.1. The van der Waals surface area contributed by atoms with Crippen molar-refractivity contribution in [3.8, 4) is 0 Å². The molecule has 1 rings (SSSR count). The van der Waals surface area contributed by atoms with Gasteiger partial charge in [-0.25, -0.2) is 4.79 Å². The molecule has 0 aromatic carbocycles. The minimum absolute atomic E-state index is 0.390. The highest BCUT2D eigenvalue weighted by molar-refractivity contribution is 7.85. The van der Waals surface area contributed by atoms with Crippen LogP contribution in [0.2, 0.25) is 0 Å². The van der Waals surface area contributed by atoms with Gasteiger partial charge in [-0.1, -0.05) is 13.0 Å². The van der Waals surface area contributed by atoms with Gasteiger partial charge in [-0.2, -0.15) is 0 Å². The van der Waals surface area contributed by atoms with Gasteiger partial charge in [0, 0.05) is 40.5 Å². The molecule has 0 aliphatic carbocycles. The smallest absolute Gasteiger partial charge is 0.331 e. The predicted octanol–water partition coefficient (Wildman–Crippen LogP) is 0.908. The summed E-state index contributed by atoms with van der Waals surface area (Å²) in [7, 11) is -0.634. The molecule has 0 atom stereocenters. The standard InChI is InChI=1S/C11H19NO3S/c1-2-9(11(13)14)3-6-12-10-4-7-16(15)8-5-10/h3,10,12H,2,4-8H2,1H3,(H,13,14). The minimum atomic E-state index is -0.839. The molecule has 1 fully saturated rings. The number of hydrogen-bond donors (Lipinski definition) is 2. The molecule has 5 heteroatoms. The zero-order chi connectivity index (χ0) is 12.0. The van der Waals surface area contributed by atoms with Gasteiger partial charge in [0.15, 0.2) is 0 Å². The quantitative estimate of drug-likeness (QED) is 0.707. The maximum atomic E-state index is 11.1. The number of carboxylic acids is 1. The monoisotopic (exact) mass is 245 g/mol. The van der Waals surface area contributed by atoms with E-state index in [2.05, 4.69) is 5.32 Å². The van der Waals surface area contributed by atoms with Gasteiger partial charge in [0.05, 0.1) is 0 Å². The van der Waals surface area contributed by atoms with Crippen molar-refractivity contribution in [2.45, 2.75) is 32.2 Å². The van der Waals surface area contributed by atoms with Crippen LogP contribution in [-0.2, 0) is 15.6 Å². The Kier molecular flexibility index (Phi) is 5.69. The van der Waals surface area contributed by atoms with E-state index >= 15 is 0 Å². The third-order valence-electron chi connectivity index (χ3n) is 2.80. The molecule has 0 aromatic rings. The predicted molar refractivity (Wildman–Crippen MR) is 64.9 cm³/mol. The number of rotatable bonds is 5. The first-order chi connectivity index (χ1) is 7.63. The largest absolute Gasteiger partial charge is 0.478 e. The summed E-state index contributed by atoms with van der Waals surface area (Å²) in [6, 6.07) is 0.390. The Labute approximate surface area is 98.6 Å². The van der Waals surface area contributed by atoms with Gasteiger partial charge in [-0.05, 0) is 19.3 Å². The average molecular weight is 245 g/mol. The average Bonchev–Trinajstić information content (AvgIpc) is 2.26. The van der Waals surface area contributed by atoms with Gasteiger partial charge in [0.2, 0.25) is 0 Å². The summed E-state index contributed by atoms with van der Waals surface area (Å²) >= 11 is 0. The Morgan fingerprint density at radius 2 is 2.12 bits per heavy atom. The van der Waals surface area contributed by atoms with Crippen molar-refractivity contribution in [2.24, 2.45) is 0 Å². The molecular formula is C11H19NO3S. The van der Waals surface area contributed by atoms with Crippen LogP contribution in [0.25, 0.3) is 0 Å². The van der Waals surface area contributed by atoms with Crippen molar-refractivity contribution in [1.82, 2.24) is 5.32 Å². The molecule has 16 heavy (non-hydrogen) atoms. The van der Waals surface area contributed by atoms with Crippen LogP contribution in [0, 0.1) is 0 Å². The summed E-state index contributed by atoms with van der Waals surface area (Å²) in [5.41, 5.74) is 0.451. The number of aliphatic carboxylic acids is 1. The Morgan fingerprint density at radius 1 is 1.50 bits per heavy atom. The van der Waals surface area contributed by atoms with Crippen LogP contribution in [0.1, 0.15) is 26.2 Å². The van der Waals surface area contributed by atoms with E-state index in [1.165, 1.54) is 0 Å². The van der Waals surface area contributed by atoms with E-state index in [0.717, 1.165) is 24.3 Å². The molecule has 1 aliphatic rings. The van der Waals surface area contributed by atoms with Crippen LogP contribution in [0.15, 0.2) is 11.6 Å². The van der Waals surface area contributed by atoms with Crippen molar-refractivity contribution >= 4 is 16.8 Å². The fraction of sp³-hybridized carbons (Fsp3) is 0.727. The van der Waals surface area contributed by atoms with Crippen molar-refractivity contribution in [2.75, 3.05) is 18.1 Å². The summed E-state index contributed by atoms with van der Waals surface area (Å²) in [6.45, 7) is 2.43. The molecule has 0 unspecified atom stereocenters. The second-order valence-corrected chi connectivity index (χ2v) is 5.61. The fourth-order valence-electron chi connectivity index (χ4n) is 1.73. The number of carboxylic acid groups (broad SMARTS) is 1. The van der Waals surface area contributed by atoms with Crippen LogP contribution < -0.4 is 5.32 Å². The Morgan fingerprint density at radius 3 is 2.62 bits per heavy atom. The van der Waals surface area contributed by atoms with Crippen molar-refractivity contribution < 1.29 is 14.1 Å². The SMILES string of the molecule is CCC(=CCNC1CCS(=O)CC1)C(=O)O. The summed E-state index contributed by atoms with van der Waals surface area (Å²) in [5, 5.41) is 12.1. The molecule has 0 aromatic heterocycles. The van der Waals surface area contributed by atoms with E-state index in [1.807, 2.05) is 6.92 Å². The lowest BCUT2D eigenvalue weighted by Crippen LogP contribution is -2.35. The van der Waals surface area contributed by atoms with E-state index in [4.69, 9.17) is 5.11 Å². The van der Waals surface area contributed by atoms with Gasteiger partial charge < -0.3 is 10.4 Å². The maximum absolute atomic E-state index is 11.1. The van der Waals surface area contributed by atoms with E-state index in [9.17, 15) is 9.00 Å². The van der Waals surface area contributed by atoms with Gasteiger partial charge in [-0.15, -0.1) is 0 Å². The lowest BCUT2D eigenvalue weighted by Gasteiger charge is -2.21. The van der Waals surface area contributed by atoms with Gasteiger partial charge in [0.1, 0.15) is 0 Å². The molecular weight excluding hydrogens is 226 g/mol. The summed E-state index contributed by atoms with van der Waals surface area (Å²) in [4.78, 5) is 10.7. The second kappa shape index (κ2) is 6.81. The Balaban J connectivity index is 2.29. The van der Waals surface area contributed by atoms with Gasteiger partial charge in [-0.3, -0.25) is 4.21 Å². The van der Waals surface area contributed by atoms with E-state index in [0.29, 0.717) is 24.6 Å². The molecule has 1 aliphatic heterocycles. The van der Waals surface area contributed by atoms with E-state index < -0.39 is 16.8 Å². The summed E-state index contributed by atoms with van der Waals surface area (Å²) < 4.78 is 11.1. The highest BCUT2D eigenvalue weighted by atomic mass is 32.2. The number of hydrogen-bond acceptors (Lipinski definition) is 3. The topological polar surface area (TPSA) is 66.4 Å². The van der Waals surface area contributed by atoms with Gasteiger partial charge >= 0.3 is 5.97 Å². The van der Waals surface area contributed by atoms with Crippen molar-refractivity contribution in [3.63, 3.8) is 0 Å². The summed E-state index contributed by atoms with van der Waals surface area (Å²) in [6.07, 6.45) is 4.13. The Bertz CT molecular complexity index is 292. The first kappa shape index (κ1) is 13.4.